The highest BCUT2D eigenvalue weighted by molar-refractivity contribution is 5.79. The molecule has 1 aromatic rings. The van der Waals surface area contributed by atoms with Crippen LogP contribution in [0.1, 0.15) is 76.7 Å². The van der Waals surface area contributed by atoms with Crippen LogP contribution in [0.25, 0.3) is 0 Å². The maximum atomic E-state index is 5.33. The van der Waals surface area contributed by atoms with Crippen molar-refractivity contribution >= 4 is 5.96 Å². The van der Waals surface area contributed by atoms with Crippen molar-refractivity contribution in [1.82, 2.24) is 15.8 Å². The van der Waals surface area contributed by atoms with Crippen molar-refractivity contribution < 1.29 is 4.52 Å². The molecule has 0 bridgehead atoms. The van der Waals surface area contributed by atoms with Crippen LogP contribution in [0.4, 0.5) is 0 Å². The zero-order chi connectivity index (χ0) is 16.5. The molecule has 0 saturated heterocycles. The van der Waals surface area contributed by atoms with Crippen molar-refractivity contribution in [2.24, 2.45) is 10.9 Å². The van der Waals surface area contributed by atoms with Crippen molar-refractivity contribution in [2.45, 2.75) is 71.8 Å². The zero-order valence-corrected chi connectivity index (χ0v) is 14.9. The minimum atomic E-state index is 0.387. The van der Waals surface area contributed by atoms with Gasteiger partial charge in [0.1, 0.15) is 6.54 Å². The van der Waals surface area contributed by atoms with Gasteiger partial charge in [0.2, 0.25) is 0 Å². The molecular formula is C18H32N4O. The van der Waals surface area contributed by atoms with Gasteiger partial charge in [-0.1, -0.05) is 44.7 Å². The highest BCUT2D eigenvalue weighted by atomic mass is 16.5. The minimum absolute atomic E-state index is 0.387. The molecule has 130 valence electrons. The van der Waals surface area contributed by atoms with Crippen molar-refractivity contribution in [3.05, 3.63) is 17.5 Å². The lowest BCUT2D eigenvalue weighted by Crippen LogP contribution is -2.37. The molecule has 23 heavy (non-hydrogen) atoms. The highest BCUT2D eigenvalue weighted by Crippen LogP contribution is 2.28. The molecule has 0 aromatic carbocycles. The van der Waals surface area contributed by atoms with Gasteiger partial charge in [-0.3, -0.25) is 0 Å². The maximum Gasteiger partial charge on any atom is 0.191 e. The number of rotatable bonds is 8. The Morgan fingerprint density at radius 2 is 2.13 bits per heavy atom. The van der Waals surface area contributed by atoms with E-state index in [1.807, 2.05) is 6.07 Å². The minimum Gasteiger partial charge on any atom is -0.359 e. The molecule has 0 aliphatic heterocycles. The Labute approximate surface area is 140 Å². The molecule has 0 unspecified atom stereocenters. The van der Waals surface area contributed by atoms with E-state index in [4.69, 9.17) is 4.52 Å². The summed E-state index contributed by atoms with van der Waals surface area (Å²) in [5.41, 5.74) is 0.990. The molecule has 1 aliphatic rings. The summed E-state index contributed by atoms with van der Waals surface area (Å²) in [5, 5.41) is 10.8. The van der Waals surface area contributed by atoms with Crippen LogP contribution in [0.2, 0.25) is 0 Å². The second kappa shape index (κ2) is 9.58. The van der Waals surface area contributed by atoms with E-state index in [2.05, 4.69) is 41.6 Å². The van der Waals surface area contributed by atoms with Crippen LogP contribution >= 0.6 is 0 Å². The van der Waals surface area contributed by atoms with Crippen molar-refractivity contribution in [3.63, 3.8) is 0 Å². The summed E-state index contributed by atoms with van der Waals surface area (Å²) in [6.07, 6.45) is 8.27. The van der Waals surface area contributed by atoms with Gasteiger partial charge in [-0.25, -0.2) is 4.99 Å². The molecule has 5 nitrogen and oxygen atoms in total. The van der Waals surface area contributed by atoms with Crippen molar-refractivity contribution in [1.29, 1.82) is 0 Å². The number of hydrogen-bond acceptors (Lipinski definition) is 3. The summed E-state index contributed by atoms with van der Waals surface area (Å²) in [5.74, 6) is 3.02. The first kappa shape index (κ1) is 17.8. The third kappa shape index (κ3) is 6.24. The maximum absolute atomic E-state index is 5.33. The second-order valence-electron chi connectivity index (χ2n) is 6.79. The lowest BCUT2D eigenvalue weighted by atomic mass is 10.0. The molecule has 1 aromatic heterocycles. The number of nitrogens with one attached hydrogen (secondary N) is 2. The van der Waals surface area contributed by atoms with E-state index in [1.165, 1.54) is 38.5 Å². The molecular weight excluding hydrogens is 288 g/mol. The number of hydrogen-bond donors (Lipinski definition) is 2. The van der Waals surface area contributed by atoms with Gasteiger partial charge in [0, 0.05) is 19.2 Å². The standard InChI is InChI=1S/C18H32N4O/c1-4-19-18(20-11-7-10-15-8-5-6-9-15)21-13-16-12-17(14(2)3)22-23-16/h12,14-15H,4-11,13H2,1-3H3,(H2,19,20,21). The van der Waals surface area contributed by atoms with E-state index in [0.717, 1.165) is 36.4 Å². The first-order chi connectivity index (χ1) is 11.2. The summed E-state index contributed by atoms with van der Waals surface area (Å²) < 4.78 is 5.33. The third-order valence-electron chi connectivity index (χ3n) is 4.46. The Kier molecular flexibility index (Phi) is 7.43. The fraction of sp³-hybridized carbons (Fsp3) is 0.778. The Balaban J connectivity index is 1.74. The first-order valence-electron chi connectivity index (χ1n) is 9.16. The number of aliphatic imine (C=N–C) groups is 1. The molecule has 1 fully saturated rings. The molecule has 0 spiro atoms. The molecule has 1 heterocycles. The second-order valence-corrected chi connectivity index (χ2v) is 6.79. The van der Waals surface area contributed by atoms with E-state index in [1.54, 1.807) is 0 Å². The van der Waals surface area contributed by atoms with Gasteiger partial charge < -0.3 is 15.2 Å². The van der Waals surface area contributed by atoms with E-state index in [9.17, 15) is 0 Å². The summed E-state index contributed by atoms with van der Waals surface area (Å²) in [6.45, 7) is 8.68. The van der Waals surface area contributed by atoms with Gasteiger partial charge in [0.05, 0.1) is 5.69 Å². The van der Waals surface area contributed by atoms with Gasteiger partial charge in [-0.05, 0) is 31.6 Å². The van der Waals surface area contributed by atoms with E-state index in [-0.39, 0.29) is 0 Å². The smallest absolute Gasteiger partial charge is 0.191 e. The fourth-order valence-corrected chi connectivity index (χ4v) is 3.07. The van der Waals surface area contributed by atoms with E-state index >= 15 is 0 Å². The summed E-state index contributed by atoms with van der Waals surface area (Å²) in [7, 11) is 0. The highest BCUT2D eigenvalue weighted by Gasteiger charge is 2.14. The molecule has 1 saturated carbocycles. The van der Waals surface area contributed by atoms with Crippen LogP contribution in [0.5, 0.6) is 0 Å². The van der Waals surface area contributed by atoms with Crippen LogP contribution in [-0.2, 0) is 6.54 Å². The van der Waals surface area contributed by atoms with E-state index in [0.29, 0.717) is 12.5 Å². The van der Waals surface area contributed by atoms with Crippen LogP contribution in [0.15, 0.2) is 15.6 Å². The number of aromatic nitrogens is 1. The van der Waals surface area contributed by atoms with Crippen LogP contribution in [0, 0.1) is 5.92 Å². The SMILES string of the molecule is CCNC(=NCc1cc(C(C)C)no1)NCCCC1CCCC1. The third-order valence-corrected chi connectivity index (χ3v) is 4.46. The van der Waals surface area contributed by atoms with Crippen LogP contribution < -0.4 is 10.6 Å². The normalized spacial score (nSPS) is 16.3. The van der Waals surface area contributed by atoms with E-state index < -0.39 is 0 Å². The predicted octanol–water partition coefficient (Wildman–Crippen LogP) is 3.82. The van der Waals surface area contributed by atoms with Gasteiger partial charge in [0.15, 0.2) is 11.7 Å². The van der Waals surface area contributed by atoms with Crippen molar-refractivity contribution in [2.75, 3.05) is 13.1 Å². The van der Waals surface area contributed by atoms with Gasteiger partial charge in [-0.15, -0.1) is 0 Å². The van der Waals surface area contributed by atoms with Gasteiger partial charge in [-0.2, -0.15) is 0 Å². The fourth-order valence-electron chi connectivity index (χ4n) is 3.07. The molecule has 0 amide bonds. The molecule has 0 radical (unpaired) electrons. The molecule has 2 rings (SSSR count). The number of nitrogens with zero attached hydrogens (tertiary/aromatic N) is 2. The summed E-state index contributed by atoms with van der Waals surface area (Å²) in [6, 6.07) is 2.00. The Hall–Kier alpha value is -1.52. The molecule has 1 aliphatic carbocycles. The summed E-state index contributed by atoms with van der Waals surface area (Å²) in [4.78, 5) is 4.59. The average Bonchev–Trinajstić information content (AvgIpc) is 3.20. The zero-order valence-electron chi connectivity index (χ0n) is 14.9. The van der Waals surface area contributed by atoms with Crippen LogP contribution in [0.3, 0.4) is 0 Å². The Bertz CT molecular complexity index is 475. The van der Waals surface area contributed by atoms with Gasteiger partial charge in [0.25, 0.3) is 0 Å². The Morgan fingerprint density at radius 1 is 1.35 bits per heavy atom. The summed E-state index contributed by atoms with van der Waals surface area (Å²) >= 11 is 0. The predicted molar refractivity (Wildman–Crippen MR) is 94.6 cm³/mol. The molecule has 0 atom stereocenters. The lowest BCUT2D eigenvalue weighted by molar-refractivity contribution is 0.376. The van der Waals surface area contributed by atoms with Crippen molar-refractivity contribution in [3.8, 4) is 0 Å². The molecule has 2 N–H and O–H groups in total. The lowest BCUT2D eigenvalue weighted by Gasteiger charge is -2.12. The van der Waals surface area contributed by atoms with Gasteiger partial charge >= 0.3 is 0 Å². The van der Waals surface area contributed by atoms with Crippen LogP contribution in [-0.4, -0.2) is 24.2 Å². The monoisotopic (exact) mass is 320 g/mol. The first-order valence-corrected chi connectivity index (χ1v) is 9.16. The average molecular weight is 320 g/mol. The topological polar surface area (TPSA) is 62.5 Å². The largest absolute Gasteiger partial charge is 0.359 e. The Morgan fingerprint density at radius 3 is 2.78 bits per heavy atom. The molecule has 5 heteroatoms. The quantitative estimate of drug-likeness (QED) is 0.434. The number of guanidine groups is 1.